The van der Waals surface area contributed by atoms with Gasteiger partial charge in [-0.3, -0.25) is 14.5 Å². The third-order valence-corrected chi connectivity index (χ3v) is 3.00. The number of aliphatic imine (C=N–C) groups is 1. The molecule has 6 nitrogen and oxygen atoms in total. The number of rotatable bonds is 2. The van der Waals surface area contributed by atoms with Crippen molar-refractivity contribution in [1.82, 2.24) is 15.5 Å². The smallest absolute Gasteiger partial charge is 0.363 e. The van der Waals surface area contributed by atoms with Crippen LogP contribution in [-0.2, 0) is 6.18 Å². The number of hydrogen-bond acceptors (Lipinski definition) is 5. The second kappa shape index (κ2) is 5.17. The summed E-state index contributed by atoms with van der Waals surface area (Å²) in [5, 5.41) is 6.42. The fraction of sp³-hybridized carbons (Fsp3) is 0.154. The number of alkyl halides is 3. The third kappa shape index (κ3) is 2.78. The Bertz CT molecular complexity index is 800. The van der Waals surface area contributed by atoms with Gasteiger partial charge in [-0.1, -0.05) is 17.3 Å². The maximum Gasteiger partial charge on any atom is 0.439 e. The molecule has 0 fully saturated rings. The number of nitrogens with one attached hydrogen (secondary N) is 2. The molecular weight excluding hydrogens is 301 g/mol. The van der Waals surface area contributed by atoms with Gasteiger partial charge < -0.3 is 5.32 Å². The van der Waals surface area contributed by atoms with E-state index in [-0.39, 0.29) is 12.5 Å². The number of H-pyrrole nitrogens is 1. The van der Waals surface area contributed by atoms with E-state index in [1.165, 1.54) is 12.1 Å². The van der Waals surface area contributed by atoms with Crippen LogP contribution in [0, 0.1) is 0 Å². The molecular formula is C13H9F3N4O2. The molecule has 22 heavy (non-hydrogen) atoms. The molecule has 1 aromatic heterocycles. The van der Waals surface area contributed by atoms with Gasteiger partial charge in [0.05, 0.1) is 17.0 Å². The first-order chi connectivity index (χ1) is 10.4. The molecule has 0 saturated carbocycles. The van der Waals surface area contributed by atoms with Gasteiger partial charge in [0, 0.05) is 0 Å². The summed E-state index contributed by atoms with van der Waals surface area (Å²) in [4.78, 5) is 17.5. The van der Waals surface area contributed by atoms with Gasteiger partial charge in [-0.25, -0.2) is 4.79 Å². The minimum absolute atomic E-state index is 0.198. The highest BCUT2D eigenvalue weighted by Gasteiger charge is 2.30. The second-order valence-electron chi connectivity index (χ2n) is 4.46. The first-order valence-corrected chi connectivity index (χ1v) is 6.17. The van der Waals surface area contributed by atoms with E-state index in [4.69, 9.17) is 0 Å². The molecule has 0 amide bonds. The van der Waals surface area contributed by atoms with Crippen LogP contribution in [0.3, 0.4) is 0 Å². The lowest BCUT2D eigenvalue weighted by Gasteiger charge is -2.14. The summed E-state index contributed by atoms with van der Waals surface area (Å²) < 4.78 is 42.0. The average Bonchev–Trinajstić information content (AvgIpc) is 2.93. The lowest BCUT2D eigenvalue weighted by molar-refractivity contribution is -0.137. The predicted octanol–water partition coefficient (Wildman–Crippen LogP) is 1.77. The Morgan fingerprint density at radius 2 is 1.91 bits per heavy atom. The van der Waals surface area contributed by atoms with Crippen LogP contribution in [0.2, 0.25) is 0 Å². The van der Waals surface area contributed by atoms with Gasteiger partial charge in [0.15, 0.2) is 5.82 Å². The highest BCUT2D eigenvalue weighted by molar-refractivity contribution is 6.12. The number of aromatic nitrogens is 2. The number of nitrogens with zero attached hydrogens (tertiary/aromatic N) is 2. The number of allylic oxidation sites excluding steroid dienone is 1. The molecule has 0 saturated heterocycles. The third-order valence-electron chi connectivity index (χ3n) is 3.00. The largest absolute Gasteiger partial charge is 0.439 e. The van der Waals surface area contributed by atoms with Crippen LogP contribution >= 0.6 is 0 Å². The minimum atomic E-state index is -4.38. The summed E-state index contributed by atoms with van der Waals surface area (Å²) in [6.07, 6.45) is -2.81. The molecule has 0 bridgehead atoms. The van der Waals surface area contributed by atoms with Gasteiger partial charge >= 0.3 is 11.9 Å². The number of halogens is 3. The number of aromatic amines is 1. The van der Waals surface area contributed by atoms with E-state index in [0.717, 1.165) is 12.1 Å². The van der Waals surface area contributed by atoms with Crippen LogP contribution < -0.4 is 11.1 Å². The molecule has 0 aliphatic carbocycles. The predicted molar refractivity (Wildman–Crippen MR) is 71.1 cm³/mol. The van der Waals surface area contributed by atoms with E-state index >= 15 is 0 Å². The highest BCUT2D eigenvalue weighted by atomic mass is 19.4. The van der Waals surface area contributed by atoms with Crippen molar-refractivity contribution in [3.63, 3.8) is 0 Å². The Morgan fingerprint density at radius 3 is 2.50 bits per heavy atom. The first-order valence-electron chi connectivity index (χ1n) is 6.17. The van der Waals surface area contributed by atoms with Crippen LogP contribution in [0.4, 0.5) is 13.2 Å². The first kappa shape index (κ1) is 14.1. The summed E-state index contributed by atoms with van der Waals surface area (Å²) in [5.41, 5.74) is 0.746. The SMILES string of the molecule is O=c1[nH]c(C2=CC(c3ccc(C(F)(F)F)cc3)=NCN2)no1. The molecule has 0 spiro atoms. The van der Waals surface area contributed by atoms with Gasteiger partial charge in [-0.05, 0) is 23.8 Å². The zero-order valence-electron chi connectivity index (χ0n) is 10.9. The summed E-state index contributed by atoms with van der Waals surface area (Å²) in [6, 6.07) is 4.66. The summed E-state index contributed by atoms with van der Waals surface area (Å²) in [7, 11) is 0. The standard InChI is InChI=1S/C13H9F3N4O2/c14-13(15,16)8-3-1-7(2-4-8)9-5-10(18-6-17-9)11-19-12(21)22-20-11/h1-5,18H,6H2,(H,19,20,21). The van der Waals surface area contributed by atoms with Crippen LogP contribution in [-0.4, -0.2) is 22.5 Å². The molecule has 1 aliphatic heterocycles. The quantitative estimate of drug-likeness (QED) is 0.885. The van der Waals surface area contributed by atoms with Gasteiger partial charge in [-0.15, -0.1) is 0 Å². The van der Waals surface area contributed by atoms with E-state index < -0.39 is 17.5 Å². The fourth-order valence-corrected chi connectivity index (χ4v) is 1.95. The fourth-order valence-electron chi connectivity index (χ4n) is 1.95. The summed E-state index contributed by atoms with van der Waals surface area (Å²) in [5.74, 6) is -0.499. The van der Waals surface area contributed by atoms with Crippen molar-refractivity contribution in [3.05, 3.63) is 57.8 Å². The van der Waals surface area contributed by atoms with Crippen LogP contribution in [0.25, 0.3) is 5.70 Å². The Morgan fingerprint density at radius 1 is 1.18 bits per heavy atom. The molecule has 9 heteroatoms. The molecule has 3 rings (SSSR count). The van der Waals surface area contributed by atoms with Crippen molar-refractivity contribution in [1.29, 1.82) is 0 Å². The molecule has 0 unspecified atom stereocenters. The van der Waals surface area contributed by atoms with Crippen LogP contribution in [0.5, 0.6) is 0 Å². The Hall–Kier alpha value is -2.84. The number of hydrogen-bond donors (Lipinski definition) is 2. The number of benzene rings is 1. The maximum absolute atomic E-state index is 12.5. The van der Waals surface area contributed by atoms with Crippen LogP contribution in [0.1, 0.15) is 17.0 Å². The van der Waals surface area contributed by atoms with E-state index in [9.17, 15) is 18.0 Å². The topological polar surface area (TPSA) is 83.3 Å². The zero-order valence-corrected chi connectivity index (χ0v) is 10.9. The molecule has 0 radical (unpaired) electrons. The van der Waals surface area contributed by atoms with Crippen molar-refractivity contribution in [2.75, 3.05) is 6.67 Å². The van der Waals surface area contributed by atoms with Crippen molar-refractivity contribution in [3.8, 4) is 0 Å². The Kier molecular flexibility index (Phi) is 3.32. The summed E-state index contributed by atoms with van der Waals surface area (Å²) >= 11 is 0. The second-order valence-corrected chi connectivity index (χ2v) is 4.46. The van der Waals surface area contributed by atoms with Gasteiger partial charge in [0.2, 0.25) is 0 Å². The average molecular weight is 310 g/mol. The normalized spacial score (nSPS) is 15.0. The lowest BCUT2D eigenvalue weighted by Crippen LogP contribution is -2.21. The van der Waals surface area contributed by atoms with E-state index in [2.05, 4.69) is 25.0 Å². The van der Waals surface area contributed by atoms with E-state index in [1.54, 1.807) is 6.08 Å². The van der Waals surface area contributed by atoms with Gasteiger partial charge in [-0.2, -0.15) is 13.2 Å². The zero-order chi connectivity index (χ0) is 15.7. The van der Waals surface area contributed by atoms with Crippen molar-refractivity contribution >= 4 is 11.4 Å². The monoisotopic (exact) mass is 310 g/mol. The molecule has 2 N–H and O–H groups in total. The molecule has 0 atom stereocenters. The van der Waals surface area contributed by atoms with E-state index in [0.29, 0.717) is 17.0 Å². The van der Waals surface area contributed by atoms with E-state index in [1.807, 2.05) is 0 Å². The lowest BCUT2D eigenvalue weighted by atomic mass is 10.1. The van der Waals surface area contributed by atoms with Crippen molar-refractivity contribution < 1.29 is 17.7 Å². The maximum atomic E-state index is 12.5. The van der Waals surface area contributed by atoms with Gasteiger partial charge in [0.1, 0.15) is 6.67 Å². The molecule has 1 aliphatic rings. The molecule has 2 aromatic rings. The Balaban J connectivity index is 1.90. The molecule has 1 aromatic carbocycles. The van der Waals surface area contributed by atoms with Crippen molar-refractivity contribution in [2.24, 2.45) is 4.99 Å². The van der Waals surface area contributed by atoms with Crippen molar-refractivity contribution in [2.45, 2.75) is 6.18 Å². The highest BCUT2D eigenvalue weighted by Crippen LogP contribution is 2.29. The molecule has 2 heterocycles. The summed E-state index contributed by atoms with van der Waals surface area (Å²) in [6.45, 7) is 0.205. The molecule has 114 valence electrons. The van der Waals surface area contributed by atoms with Gasteiger partial charge in [0.25, 0.3) is 0 Å². The minimum Gasteiger partial charge on any atom is -0.363 e. The van der Waals surface area contributed by atoms with Crippen LogP contribution in [0.15, 0.2) is 44.7 Å². The Labute approximate surface area is 121 Å².